The molecule has 1 atom stereocenters. The van der Waals surface area contributed by atoms with Crippen LogP contribution in [0.5, 0.6) is 5.75 Å². The van der Waals surface area contributed by atoms with Gasteiger partial charge < -0.3 is 14.6 Å². The summed E-state index contributed by atoms with van der Waals surface area (Å²) in [6.07, 6.45) is 2.48. The highest BCUT2D eigenvalue weighted by molar-refractivity contribution is 5.54. The number of nitrogens with zero attached hydrogens (tertiary/aromatic N) is 3. The highest BCUT2D eigenvalue weighted by atomic mass is 16.5. The molecule has 0 saturated heterocycles. The molecule has 1 N–H and O–H groups in total. The minimum Gasteiger partial charge on any atom is -0.487 e. The van der Waals surface area contributed by atoms with Gasteiger partial charge in [0.05, 0.1) is 5.69 Å². The molecule has 6 heteroatoms. The molecule has 0 bridgehead atoms. The topological polar surface area (TPSA) is 73.1 Å². The number of ether oxygens (including phenoxy) is 1. The summed E-state index contributed by atoms with van der Waals surface area (Å²) in [7, 11) is 1.91. The molecule has 0 aliphatic carbocycles. The molecule has 24 heavy (non-hydrogen) atoms. The van der Waals surface area contributed by atoms with E-state index in [4.69, 9.17) is 9.26 Å². The highest BCUT2D eigenvalue weighted by Crippen LogP contribution is 2.21. The summed E-state index contributed by atoms with van der Waals surface area (Å²) in [4.78, 5) is 8.65. The second-order valence-electron chi connectivity index (χ2n) is 5.54. The molecule has 0 saturated carbocycles. The summed E-state index contributed by atoms with van der Waals surface area (Å²) in [6, 6.07) is 13.7. The lowest BCUT2D eigenvalue weighted by Crippen LogP contribution is -2.24. The van der Waals surface area contributed by atoms with Crippen LogP contribution in [0.25, 0.3) is 11.5 Å². The van der Waals surface area contributed by atoms with E-state index in [-0.39, 0.29) is 0 Å². The second-order valence-corrected chi connectivity index (χ2v) is 5.54. The number of rotatable bonds is 7. The maximum absolute atomic E-state index is 5.72. The van der Waals surface area contributed by atoms with Crippen LogP contribution in [-0.4, -0.2) is 28.2 Å². The minimum atomic E-state index is 0.304. The van der Waals surface area contributed by atoms with E-state index in [1.165, 1.54) is 0 Å². The smallest absolute Gasteiger partial charge is 0.257 e. The van der Waals surface area contributed by atoms with Gasteiger partial charge in [-0.2, -0.15) is 4.98 Å². The maximum atomic E-state index is 5.72. The number of likely N-dealkylation sites (N-methyl/N-ethyl adjacent to an activating group) is 1. The molecule has 0 fully saturated rings. The normalized spacial score (nSPS) is 12.1. The molecule has 3 aromatic rings. The van der Waals surface area contributed by atoms with Gasteiger partial charge in [-0.25, -0.2) is 0 Å². The number of nitrogens with one attached hydrogen (secondary N) is 1. The van der Waals surface area contributed by atoms with Gasteiger partial charge in [0, 0.05) is 24.2 Å². The third kappa shape index (κ3) is 4.17. The molecule has 2 aromatic heterocycles. The fourth-order valence-corrected chi connectivity index (χ4v) is 2.16. The quantitative estimate of drug-likeness (QED) is 0.720. The van der Waals surface area contributed by atoms with Crippen molar-refractivity contribution in [1.82, 2.24) is 20.4 Å². The zero-order valence-electron chi connectivity index (χ0n) is 13.8. The van der Waals surface area contributed by atoms with Crippen LogP contribution in [0.3, 0.4) is 0 Å². The number of benzene rings is 1. The molecule has 6 nitrogen and oxygen atoms in total. The van der Waals surface area contributed by atoms with Crippen LogP contribution in [0, 0.1) is 0 Å². The van der Waals surface area contributed by atoms with E-state index in [2.05, 4.69) is 27.4 Å². The lowest BCUT2D eigenvalue weighted by Gasteiger charge is -2.05. The van der Waals surface area contributed by atoms with E-state index in [0.717, 1.165) is 23.4 Å². The van der Waals surface area contributed by atoms with Gasteiger partial charge in [-0.05, 0) is 50.4 Å². The molecular weight excluding hydrogens is 304 g/mol. The van der Waals surface area contributed by atoms with Crippen molar-refractivity contribution in [2.45, 2.75) is 26.0 Å². The third-order valence-electron chi connectivity index (χ3n) is 3.66. The van der Waals surface area contributed by atoms with Gasteiger partial charge in [-0.3, -0.25) is 4.98 Å². The molecule has 0 spiro atoms. The SMILES string of the molecule is CNC(C)Cc1noc(-c2ccc(OCc3ccccn3)cc2)n1. The highest BCUT2D eigenvalue weighted by Gasteiger charge is 2.11. The summed E-state index contributed by atoms with van der Waals surface area (Å²) in [5.74, 6) is 1.99. The molecule has 0 aliphatic heterocycles. The van der Waals surface area contributed by atoms with Crippen molar-refractivity contribution in [1.29, 1.82) is 0 Å². The van der Waals surface area contributed by atoms with Crippen LogP contribution in [0.1, 0.15) is 18.4 Å². The number of pyridine rings is 1. The van der Waals surface area contributed by atoms with Crippen molar-refractivity contribution < 1.29 is 9.26 Å². The first-order valence-electron chi connectivity index (χ1n) is 7.87. The molecule has 0 radical (unpaired) electrons. The van der Waals surface area contributed by atoms with Gasteiger partial charge in [-0.15, -0.1) is 0 Å². The van der Waals surface area contributed by atoms with E-state index < -0.39 is 0 Å². The van der Waals surface area contributed by atoms with Crippen molar-refractivity contribution >= 4 is 0 Å². The molecule has 2 heterocycles. The van der Waals surface area contributed by atoms with Crippen LogP contribution in [-0.2, 0) is 13.0 Å². The third-order valence-corrected chi connectivity index (χ3v) is 3.66. The van der Waals surface area contributed by atoms with Crippen molar-refractivity contribution in [3.05, 3.63) is 60.2 Å². The molecule has 124 valence electrons. The summed E-state index contributed by atoms with van der Waals surface area (Å²) in [5.41, 5.74) is 1.76. The lowest BCUT2D eigenvalue weighted by atomic mass is 10.2. The van der Waals surface area contributed by atoms with Crippen LogP contribution >= 0.6 is 0 Å². The van der Waals surface area contributed by atoms with Crippen LogP contribution < -0.4 is 10.1 Å². The zero-order valence-corrected chi connectivity index (χ0v) is 13.8. The Hall–Kier alpha value is -2.73. The Morgan fingerprint density at radius 1 is 1.17 bits per heavy atom. The fourth-order valence-electron chi connectivity index (χ4n) is 2.16. The first-order valence-corrected chi connectivity index (χ1v) is 7.87. The van der Waals surface area contributed by atoms with Crippen molar-refractivity contribution in [2.75, 3.05) is 7.05 Å². The average Bonchev–Trinajstić information content (AvgIpc) is 3.09. The Morgan fingerprint density at radius 3 is 2.71 bits per heavy atom. The van der Waals surface area contributed by atoms with Gasteiger partial charge in [0.1, 0.15) is 12.4 Å². The standard InChI is InChI=1S/C18H20N4O2/c1-13(19-2)11-17-21-18(24-22-17)14-6-8-16(9-7-14)23-12-15-5-3-4-10-20-15/h3-10,13,19H,11-12H2,1-2H3. The van der Waals surface area contributed by atoms with E-state index in [0.29, 0.717) is 24.4 Å². The first kappa shape index (κ1) is 16.1. The van der Waals surface area contributed by atoms with Crippen molar-refractivity contribution in [3.63, 3.8) is 0 Å². The number of hydrogen-bond acceptors (Lipinski definition) is 6. The van der Waals surface area contributed by atoms with Crippen molar-refractivity contribution in [2.24, 2.45) is 0 Å². The number of hydrogen-bond donors (Lipinski definition) is 1. The minimum absolute atomic E-state index is 0.304. The largest absolute Gasteiger partial charge is 0.487 e. The Balaban J connectivity index is 1.62. The molecule has 3 rings (SSSR count). The molecule has 1 aromatic carbocycles. The Labute approximate surface area is 140 Å². The zero-order chi connectivity index (χ0) is 16.8. The maximum Gasteiger partial charge on any atom is 0.257 e. The van der Waals surface area contributed by atoms with Crippen LogP contribution in [0.15, 0.2) is 53.2 Å². The monoisotopic (exact) mass is 324 g/mol. The Bertz CT molecular complexity index is 756. The van der Waals surface area contributed by atoms with Gasteiger partial charge >= 0.3 is 0 Å². The van der Waals surface area contributed by atoms with Gasteiger partial charge in [0.2, 0.25) is 0 Å². The molecular formula is C18H20N4O2. The summed E-state index contributed by atoms with van der Waals surface area (Å²) >= 11 is 0. The van der Waals surface area contributed by atoms with E-state index in [1.54, 1.807) is 6.20 Å². The molecule has 1 unspecified atom stereocenters. The van der Waals surface area contributed by atoms with E-state index in [9.17, 15) is 0 Å². The average molecular weight is 324 g/mol. The second kappa shape index (κ2) is 7.70. The summed E-state index contributed by atoms with van der Waals surface area (Å²) < 4.78 is 11.0. The Morgan fingerprint density at radius 2 is 2.00 bits per heavy atom. The first-order chi connectivity index (χ1) is 11.7. The van der Waals surface area contributed by atoms with Crippen LogP contribution in [0.2, 0.25) is 0 Å². The van der Waals surface area contributed by atoms with Crippen molar-refractivity contribution in [3.8, 4) is 17.2 Å². The number of aromatic nitrogens is 3. The van der Waals surface area contributed by atoms with E-state index >= 15 is 0 Å². The summed E-state index contributed by atoms with van der Waals surface area (Å²) in [6.45, 7) is 2.51. The van der Waals surface area contributed by atoms with Crippen LogP contribution in [0.4, 0.5) is 0 Å². The predicted octanol–water partition coefficient (Wildman–Crippen LogP) is 2.86. The fraction of sp³-hybridized carbons (Fsp3) is 0.278. The Kier molecular flexibility index (Phi) is 5.18. The molecule has 0 aliphatic rings. The van der Waals surface area contributed by atoms with Gasteiger partial charge in [0.15, 0.2) is 5.82 Å². The lowest BCUT2D eigenvalue weighted by molar-refractivity contribution is 0.301. The van der Waals surface area contributed by atoms with Gasteiger partial charge in [-0.1, -0.05) is 11.2 Å². The van der Waals surface area contributed by atoms with Gasteiger partial charge in [0.25, 0.3) is 5.89 Å². The van der Waals surface area contributed by atoms with E-state index in [1.807, 2.05) is 49.5 Å². The summed E-state index contributed by atoms with van der Waals surface area (Å²) in [5, 5.41) is 7.17. The predicted molar refractivity (Wildman–Crippen MR) is 90.5 cm³/mol. The molecule has 0 amide bonds.